The van der Waals surface area contributed by atoms with Crippen molar-refractivity contribution in [2.75, 3.05) is 33.3 Å². The number of nitrogens with one attached hydrogen (secondary N) is 2. The molecule has 0 aromatic rings. The third kappa shape index (κ3) is 3.45. The first-order valence-electron chi connectivity index (χ1n) is 8.81. The number of nitrogens with two attached hydrogens (primary N) is 1. The third-order valence-corrected chi connectivity index (χ3v) is 5.06. The van der Waals surface area contributed by atoms with Crippen molar-refractivity contribution in [2.24, 2.45) is 16.8 Å². The van der Waals surface area contributed by atoms with Gasteiger partial charge in [0, 0.05) is 31.1 Å². The van der Waals surface area contributed by atoms with E-state index in [1.54, 1.807) is 7.11 Å². The molecule has 2 heterocycles. The van der Waals surface area contributed by atoms with Gasteiger partial charge in [0.2, 0.25) is 5.91 Å². The minimum Gasteiger partial charge on any atom is -0.497 e. The van der Waals surface area contributed by atoms with E-state index in [9.17, 15) is 4.79 Å². The second-order valence-electron chi connectivity index (χ2n) is 7.00. The lowest BCUT2D eigenvalue weighted by Crippen LogP contribution is -2.50. The van der Waals surface area contributed by atoms with Gasteiger partial charge in [0.15, 0.2) is 0 Å². The van der Waals surface area contributed by atoms with Crippen LogP contribution in [0.3, 0.4) is 0 Å². The largest absolute Gasteiger partial charge is 0.497 e. The van der Waals surface area contributed by atoms with Crippen molar-refractivity contribution >= 4 is 11.7 Å². The number of amides is 1. The van der Waals surface area contributed by atoms with Crippen LogP contribution in [0.5, 0.6) is 0 Å². The molecule has 0 aromatic heterocycles. The van der Waals surface area contributed by atoms with Crippen molar-refractivity contribution in [1.29, 1.82) is 0 Å². The molecule has 7 heteroatoms. The number of allylic oxidation sites excluding steroid dienone is 1. The number of ether oxygens (including phenoxy) is 1. The lowest BCUT2D eigenvalue weighted by atomic mass is 9.77. The number of aliphatic imine (C=N–C) groups is 1. The van der Waals surface area contributed by atoms with Crippen molar-refractivity contribution in [3.8, 4) is 0 Å². The monoisotopic (exact) mass is 357 g/mol. The summed E-state index contributed by atoms with van der Waals surface area (Å²) in [6.45, 7) is 10.7. The summed E-state index contributed by atoms with van der Waals surface area (Å²) in [6.07, 6.45) is 4.12. The average Bonchev–Trinajstić information content (AvgIpc) is 2.61. The number of methoxy groups -OCH3 is 1. The molecule has 3 aliphatic rings. The molecule has 0 spiro atoms. The third-order valence-electron chi connectivity index (χ3n) is 5.06. The molecule has 2 unspecified atom stereocenters. The second kappa shape index (κ2) is 7.47. The van der Waals surface area contributed by atoms with Crippen molar-refractivity contribution < 1.29 is 9.53 Å². The van der Waals surface area contributed by atoms with Crippen LogP contribution in [0.25, 0.3) is 0 Å². The zero-order valence-electron chi connectivity index (χ0n) is 15.6. The van der Waals surface area contributed by atoms with Gasteiger partial charge in [-0.2, -0.15) is 0 Å². The van der Waals surface area contributed by atoms with E-state index in [1.807, 2.05) is 13.0 Å². The minimum atomic E-state index is -0.0309. The number of hydrogen-bond donors (Lipinski definition) is 3. The van der Waals surface area contributed by atoms with Crippen LogP contribution in [0.4, 0.5) is 0 Å². The summed E-state index contributed by atoms with van der Waals surface area (Å²) in [6, 6.07) is -0.0309. The number of fused-ring (bicyclic) bond motifs is 1. The highest BCUT2D eigenvalue weighted by Gasteiger charge is 2.36. The number of carbonyl (C=O) groups excluding carboxylic acids is 1. The van der Waals surface area contributed by atoms with E-state index in [0.717, 1.165) is 29.0 Å². The van der Waals surface area contributed by atoms with E-state index in [-0.39, 0.29) is 17.9 Å². The summed E-state index contributed by atoms with van der Waals surface area (Å²) < 4.78 is 5.49. The van der Waals surface area contributed by atoms with E-state index in [2.05, 4.69) is 35.2 Å². The van der Waals surface area contributed by atoms with E-state index < -0.39 is 0 Å². The summed E-state index contributed by atoms with van der Waals surface area (Å²) in [4.78, 5) is 18.8. The van der Waals surface area contributed by atoms with Crippen LogP contribution >= 0.6 is 0 Å². The van der Waals surface area contributed by atoms with Gasteiger partial charge in [0.25, 0.3) is 0 Å². The topological polar surface area (TPSA) is 92.0 Å². The van der Waals surface area contributed by atoms with Crippen LogP contribution in [0.15, 0.2) is 51.8 Å². The molecule has 0 bridgehead atoms. The molecule has 0 saturated carbocycles. The molecule has 26 heavy (non-hydrogen) atoms. The van der Waals surface area contributed by atoms with Gasteiger partial charge in [0.1, 0.15) is 11.6 Å². The van der Waals surface area contributed by atoms with Crippen LogP contribution < -0.4 is 16.6 Å². The number of amidine groups is 1. The molecule has 140 valence electrons. The molecule has 1 amide bonds. The van der Waals surface area contributed by atoms with E-state index >= 15 is 0 Å². The molecule has 1 saturated heterocycles. The van der Waals surface area contributed by atoms with Gasteiger partial charge in [-0.25, -0.2) is 5.84 Å². The smallest absolute Gasteiger partial charge is 0.234 e. The lowest BCUT2D eigenvalue weighted by molar-refractivity contribution is -0.123. The van der Waals surface area contributed by atoms with Gasteiger partial charge in [-0.15, -0.1) is 0 Å². The molecule has 0 radical (unpaired) electrons. The molecule has 2 atom stereocenters. The van der Waals surface area contributed by atoms with Crippen molar-refractivity contribution in [1.82, 2.24) is 15.6 Å². The van der Waals surface area contributed by atoms with E-state index in [0.29, 0.717) is 25.5 Å². The second-order valence-corrected chi connectivity index (χ2v) is 7.00. The fourth-order valence-corrected chi connectivity index (χ4v) is 3.87. The Labute approximate surface area is 154 Å². The van der Waals surface area contributed by atoms with E-state index in [4.69, 9.17) is 15.6 Å². The minimum absolute atomic E-state index is 0.0309. The summed E-state index contributed by atoms with van der Waals surface area (Å²) in [5, 5.41) is 2.87. The average molecular weight is 357 g/mol. The first-order valence-corrected chi connectivity index (χ1v) is 8.81. The molecule has 0 aromatic carbocycles. The first-order chi connectivity index (χ1) is 12.4. The van der Waals surface area contributed by atoms with Gasteiger partial charge >= 0.3 is 0 Å². The molecule has 1 aliphatic carbocycles. The molecule has 3 rings (SSSR count). The Morgan fingerprint density at radius 3 is 2.96 bits per heavy atom. The molecule has 2 aliphatic heterocycles. The highest BCUT2D eigenvalue weighted by molar-refractivity contribution is 6.03. The maximum absolute atomic E-state index is 11.8. The van der Waals surface area contributed by atoms with Crippen LogP contribution in [0.1, 0.15) is 13.8 Å². The highest BCUT2D eigenvalue weighted by atomic mass is 16.5. The maximum atomic E-state index is 11.8. The molecule has 4 N–H and O–H groups in total. The summed E-state index contributed by atoms with van der Waals surface area (Å²) >= 11 is 0. The van der Waals surface area contributed by atoms with Crippen molar-refractivity contribution in [3.05, 3.63) is 46.8 Å². The Hall–Kier alpha value is -2.38. The van der Waals surface area contributed by atoms with Crippen LogP contribution in [-0.2, 0) is 9.53 Å². The SMILES string of the molecule is C=C(C)C1=C(CN2CCNC(=O)C2)C2C=C(OC)C=C(C)C2N=C1NN. The summed E-state index contributed by atoms with van der Waals surface area (Å²) in [5.41, 5.74) is 6.88. The Morgan fingerprint density at radius 1 is 1.58 bits per heavy atom. The Morgan fingerprint density at radius 2 is 2.35 bits per heavy atom. The quantitative estimate of drug-likeness (QED) is 0.507. The van der Waals surface area contributed by atoms with Crippen LogP contribution in [0, 0.1) is 5.92 Å². The fourth-order valence-electron chi connectivity index (χ4n) is 3.87. The molecule has 7 nitrogen and oxygen atoms in total. The zero-order chi connectivity index (χ0) is 18.8. The Kier molecular flexibility index (Phi) is 5.29. The van der Waals surface area contributed by atoms with Gasteiger partial charge in [-0.05, 0) is 42.7 Å². The van der Waals surface area contributed by atoms with Crippen molar-refractivity contribution in [3.63, 3.8) is 0 Å². The predicted octanol–water partition coefficient (Wildman–Crippen LogP) is 0.641. The molecule has 1 fully saturated rings. The number of rotatable bonds is 4. The number of dihydropyridines is 1. The first kappa shape index (κ1) is 18.4. The van der Waals surface area contributed by atoms with Gasteiger partial charge in [-0.1, -0.05) is 6.58 Å². The summed E-state index contributed by atoms with van der Waals surface area (Å²) in [7, 11) is 1.67. The van der Waals surface area contributed by atoms with Gasteiger partial charge < -0.3 is 15.5 Å². The fraction of sp³-hybridized carbons (Fsp3) is 0.474. The van der Waals surface area contributed by atoms with Crippen LogP contribution in [0.2, 0.25) is 0 Å². The number of carbonyl (C=O) groups is 1. The van der Waals surface area contributed by atoms with Gasteiger partial charge in [0.05, 0.1) is 19.7 Å². The number of hydrogen-bond acceptors (Lipinski definition) is 6. The molecular formula is C19H27N5O2. The highest BCUT2D eigenvalue weighted by Crippen LogP contribution is 2.38. The number of nitrogens with zero attached hydrogens (tertiary/aromatic N) is 2. The summed E-state index contributed by atoms with van der Waals surface area (Å²) in [5.74, 6) is 7.37. The number of hydrazine groups is 1. The standard InChI is InChI=1S/C19H27N5O2/c1-11(2)17-15(9-24-6-5-21-16(25)10-24)14-8-13(26-4)7-12(3)18(14)22-19(17)23-20/h7-8,14,18H,1,5-6,9-10,20H2,2-4H3,(H,21,25)(H,22,23). The van der Waals surface area contributed by atoms with Gasteiger partial charge in [-0.3, -0.25) is 14.7 Å². The Balaban J connectivity index is 2.04. The molecular weight excluding hydrogens is 330 g/mol. The normalized spacial score (nSPS) is 26.3. The number of piperazine rings is 1. The van der Waals surface area contributed by atoms with Crippen LogP contribution in [-0.4, -0.2) is 56.0 Å². The zero-order valence-corrected chi connectivity index (χ0v) is 15.6. The maximum Gasteiger partial charge on any atom is 0.234 e. The Bertz CT molecular complexity index is 747. The van der Waals surface area contributed by atoms with Crippen molar-refractivity contribution in [2.45, 2.75) is 19.9 Å². The van der Waals surface area contributed by atoms with E-state index in [1.165, 1.54) is 5.57 Å². The predicted molar refractivity (Wildman–Crippen MR) is 102 cm³/mol. The lowest BCUT2D eigenvalue weighted by Gasteiger charge is -2.38.